The SMILES string of the molecule is CC(C)COCCNC(=O)c1cc(C(F)(F)F)ccc1F. The summed E-state index contributed by atoms with van der Waals surface area (Å²) < 4.78 is 56.2. The third-order valence-corrected chi connectivity index (χ3v) is 2.52. The molecule has 1 rings (SSSR count). The fraction of sp³-hybridized carbons (Fsp3) is 0.500. The number of carbonyl (C=O) groups excluding carboxylic acids is 1. The minimum absolute atomic E-state index is 0.0985. The molecule has 1 amide bonds. The van der Waals surface area contributed by atoms with Crippen molar-refractivity contribution < 1.29 is 27.1 Å². The Balaban J connectivity index is 2.61. The van der Waals surface area contributed by atoms with Crippen molar-refractivity contribution in [2.45, 2.75) is 20.0 Å². The highest BCUT2D eigenvalue weighted by molar-refractivity contribution is 5.94. The molecule has 7 heteroatoms. The zero-order valence-electron chi connectivity index (χ0n) is 11.8. The van der Waals surface area contributed by atoms with E-state index in [9.17, 15) is 22.4 Å². The molecule has 0 aliphatic rings. The van der Waals surface area contributed by atoms with Gasteiger partial charge in [0.2, 0.25) is 0 Å². The van der Waals surface area contributed by atoms with E-state index in [1.54, 1.807) is 0 Å². The van der Waals surface area contributed by atoms with Gasteiger partial charge in [-0.15, -0.1) is 0 Å². The van der Waals surface area contributed by atoms with Crippen molar-refractivity contribution in [2.75, 3.05) is 19.8 Å². The summed E-state index contributed by atoms with van der Waals surface area (Å²) in [6, 6.07) is 1.73. The molecule has 0 saturated heterocycles. The summed E-state index contributed by atoms with van der Waals surface area (Å²) in [6.45, 7) is 4.73. The zero-order chi connectivity index (χ0) is 16.0. The number of amides is 1. The molecule has 1 N–H and O–H groups in total. The van der Waals surface area contributed by atoms with E-state index in [2.05, 4.69) is 5.32 Å². The summed E-state index contributed by atoms with van der Waals surface area (Å²) in [5, 5.41) is 2.32. The third-order valence-electron chi connectivity index (χ3n) is 2.52. The van der Waals surface area contributed by atoms with Crippen LogP contribution in [0, 0.1) is 11.7 Å². The van der Waals surface area contributed by atoms with Crippen LogP contribution < -0.4 is 5.32 Å². The first-order chi connectivity index (χ1) is 9.71. The number of nitrogens with one attached hydrogen (secondary N) is 1. The number of benzene rings is 1. The van der Waals surface area contributed by atoms with Crippen LogP contribution in [0.25, 0.3) is 0 Å². The molecule has 0 atom stereocenters. The quantitative estimate of drug-likeness (QED) is 0.647. The molecule has 3 nitrogen and oxygen atoms in total. The Morgan fingerprint density at radius 1 is 1.33 bits per heavy atom. The van der Waals surface area contributed by atoms with Gasteiger partial charge in [-0.3, -0.25) is 4.79 Å². The molecule has 1 aromatic carbocycles. The van der Waals surface area contributed by atoms with Crippen molar-refractivity contribution >= 4 is 5.91 Å². The third kappa shape index (κ3) is 5.71. The monoisotopic (exact) mass is 307 g/mol. The maximum absolute atomic E-state index is 13.4. The lowest BCUT2D eigenvalue weighted by Gasteiger charge is -2.11. The first-order valence-corrected chi connectivity index (χ1v) is 6.44. The Morgan fingerprint density at radius 3 is 2.57 bits per heavy atom. The predicted molar refractivity (Wildman–Crippen MR) is 69.4 cm³/mol. The van der Waals surface area contributed by atoms with Crippen LogP contribution in [0.1, 0.15) is 29.8 Å². The Kier molecular flexibility index (Phi) is 6.14. The average Bonchev–Trinajstić information content (AvgIpc) is 2.36. The average molecular weight is 307 g/mol. The van der Waals surface area contributed by atoms with Crippen molar-refractivity contribution in [3.05, 3.63) is 35.1 Å². The molecule has 0 unspecified atom stereocenters. The molecule has 0 saturated carbocycles. The standard InChI is InChI=1S/C14H17F4NO2/c1-9(2)8-21-6-5-19-13(20)11-7-10(14(16,17)18)3-4-12(11)15/h3-4,7,9H,5-6,8H2,1-2H3,(H,19,20). The van der Waals surface area contributed by atoms with E-state index in [-0.39, 0.29) is 13.2 Å². The molecule has 21 heavy (non-hydrogen) atoms. The molecule has 0 aliphatic heterocycles. The maximum Gasteiger partial charge on any atom is 0.416 e. The lowest BCUT2D eigenvalue weighted by molar-refractivity contribution is -0.137. The fourth-order valence-electron chi connectivity index (χ4n) is 1.53. The number of carbonyl (C=O) groups is 1. The fourth-order valence-corrected chi connectivity index (χ4v) is 1.53. The van der Waals surface area contributed by atoms with E-state index in [1.165, 1.54) is 0 Å². The van der Waals surface area contributed by atoms with Crippen LogP contribution in [-0.2, 0) is 10.9 Å². The molecule has 0 radical (unpaired) electrons. The van der Waals surface area contributed by atoms with E-state index in [4.69, 9.17) is 4.74 Å². The Labute approximate surface area is 120 Å². The van der Waals surface area contributed by atoms with Gasteiger partial charge in [-0.05, 0) is 24.1 Å². The second-order valence-corrected chi connectivity index (χ2v) is 4.92. The van der Waals surface area contributed by atoms with Crippen LogP contribution in [0.3, 0.4) is 0 Å². The van der Waals surface area contributed by atoms with E-state index in [0.29, 0.717) is 30.7 Å². The van der Waals surface area contributed by atoms with Gasteiger partial charge < -0.3 is 10.1 Å². The number of rotatable bonds is 6. The summed E-state index contributed by atoms with van der Waals surface area (Å²) in [4.78, 5) is 11.7. The zero-order valence-corrected chi connectivity index (χ0v) is 11.8. The molecule has 0 fully saturated rings. The lowest BCUT2D eigenvalue weighted by Crippen LogP contribution is -2.28. The van der Waals surface area contributed by atoms with Crippen molar-refractivity contribution in [1.29, 1.82) is 0 Å². The van der Waals surface area contributed by atoms with Gasteiger partial charge in [0.15, 0.2) is 0 Å². The lowest BCUT2D eigenvalue weighted by atomic mass is 10.1. The molecule has 0 aliphatic carbocycles. The van der Waals surface area contributed by atoms with E-state index in [1.807, 2.05) is 13.8 Å². The Bertz CT molecular complexity index is 486. The van der Waals surface area contributed by atoms with E-state index >= 15 is 0 Å². The van der Waals surface area contributed by atoms with Crippen LogP contribution in [0.15, 0.2) is 18.2 Å². The number of alkyl halides is 3. The van der Waals surface area contributed by atoms with Crippen LogP contribution in [-0.4, -0.2) is 25.7 Å². The summed E-state index contributed by atoms with van der Waals surface area (Å²) >= 11 is 0. The van der Waals surface area contributed by atoms with Gasteiger partial charge in [0.25, 0.3) is 5.91 Å². The van der Waals surface area contributed by atoms with Crippen LogP contribution in [0.5, 0.6) is 0 Å². The molecule has 0 spiro atoms. The van der Waals surface area contributed by atoms with Gasteiger partial charge >= 0.3 is 6.18 Å². The second kappa shape index (κ2) is 7.40. The van der Waals surface area contributed by atoms with Gasteiger partial charge in [-0.25, -0.2) is 4.39 Å². The van der Waals surface area contributed by atoms with E-state index in [0.717, 1.165) is 0 Å². The molecular formula is C14H17F4NO2. The molecule has 1 aromatic rings. The van der Waals surface area contributed by atoms with E-state index < -0.39 is 29.0 Å². The minimum atomic E-state index is -4.62. The maximum atomic E-state index is 13.4. The van der Waals surface area contributed by atoms with Crippen molar-refractivity contribution in [1.82, 2.24) is 5.32 Å². The number of hydrogen-bond donors (Lipinski definition) is 1. The molecule has 118 valence electrons. The van der Waals surface area contributed by atoms with Crippen LogP contribution in [0.4, 0.5) is 17.6 Å². The molecule has 0 bridgehead atoms. The van der Waals surface area contributed by atoms with Crippen molar-refractivity contribution in [2.24, 2.45) is 5.92 Å². The summed E-state index contributed by atoms with van der Waals surface area (Å²) in [7, 11) is 0. The topological polar surface area (TPSA) is 38.3 Å². The van der Waals surface area contributed by atoms with Gasteiger partial charge in [0.05, 0.1) is 17.7 Å². The van der Waals surface area contributed by atoms with Crippen molar-refractivity contribution in [3.8, 4) is 0 Å². The highest BCUT2D eigenvalue weighted by atomic mass is 19.4. The van der Waals surface area contributed by atoms with Crippen molar-refractivity contribution in [3.63, 3.8) is 0 Å². The predicted octanol–water partition coefficient (Wildman–Crippen LogP) is 3.25. The Hall–Kier alpha value is -1.63. The van der Waals surface area contributed by atoms with Crippen LogP contribution in [0.2, 0.25) is 0 Å². The molecular weight excluding hydrogens is 290 g/mol. The van der Waals surface area contributed by atoms with Gasteiger partial charge in [-0.1, -0.05) is 13.8 Å². The molecule has 0 heterocycles. The summed E-state index contributed by atoms with van der Waals surface area (Å²) in [5.74, 6) is -1.56. The largest absolute Gasteiger partial charge is 0.416 e. The van der Waals surface area contributed by atoms with Gasteiger partial charge in [-0.2, -0.15) is 13.2 Å². The highest BCUT2D eigenvalue weighted by Crippen LogP contribution is 2.30. The van der Waals surface area contributed by atoms with Gasteiger partial charge in [0.1, 0.15) is 5.82 Å². The minimum Gasteiger partial charge on any atom is -0.379 e. The normalized spacial score (nSPS) is 11.8. The first-order valence-electron chi connectivity index (χ1n) is 6.44. The smallest absolute Gasteiger partial charge is 0.379 e. The first kappa shape index (κ1) is 17.4. The highest BCUT2D eigenvalue weighted by Gasteiger charge is 2.31. The molecule has 0 aromatic heterocycles. The second-order valence-electron chi connectivity index (χ2n) is 4.92. The number of ether oxygens (including phenoxy) is 1. The number of hydrogen-bond acceptors (Lipinski definition) is 2. The summed E-state index contributed by atoms with van der Waals surface area (Å²) in [5.41, 5.74) is -1.70. The summed E-state index contributed by atoms with van der Waals surface area (Å²) in [6.07, 6.45) is -4.62. The number of halogens is 4. The van der Waals surface area contributed by atoms with Gasteiger partial charge in [0, 0.05) is 13.2 Å². The van der Waals surface area contributed by atoms with Crippen LogP contribution >= 0.6 is 0 Å². The Morgan fingerprint density at radius 2 is 2.00 bits per heavy atom.